The second kappa shape index (κ2) is 18.5. The Bertz CT molecular complexity index is 1560. The first kappa shape index (κ1) is 38.4. The molecule has 20 heteroatoms. The van der Waals surface area contributed by atoms with Crippen LogP contribution in [0.1, 0.15) is 33.3 Å². The predicted molar refractivity (Wildman–Crippen MR) is 165 cm³/mol. The summed E-state index contributed by atoms with van der Waals surface area (Å²) >= 11 is 0. The fourth-order valence-electron chi connectivity index (χ4n) is 4.38. The average molecular weight is 707 g/mol. The molecule has 0 spiro atoms. The van der Waals surface area contributed by atoms with Crippen LogP contribution < -0.4 is 14.9 Å². The number of para-hydroxylation sites is 1. The van der Waals surface area contributed by atoms with Crippen LogP contribution >= 0.6 is 7.75 Å². The normalized spacial score (nSPS) is 21.8. The van der Waals surface area contributed by atoms with Gasteiger partial charge in [0, 0.05) is 38.1 Å². The molecule has 1 saturated heterocycles. The van der Waals surface area contributed by atoms with E-state index in [1.807, 2.05) is 0 Å². The van der Waals surface area contributed by atoms with Crippen LogP contribution in [-0.2, 0) is 63.4 Å². The predicted octanol–water partition coefficient (Wildman–Crippen LogP) is 2.25. The lowest BCUT2D eigenvalue weighted by molar-refractivity contribution is -0.268. The number of esters is 4. The van der Waals surface area contributed by atoms with E-state index in [9.17, 15) is 28.5 Å². The van der Waals surface area contributed by atoms with Crippen molar-refractivity contribution in [1.82, 2.24) is 15.4 Å². The van der Waals surface area contributed by atoms with Gasteiger partial charge >= 0.3 is 31.6 Å². The van der Waals surface area contributed by atoms with Crippen LogP contribution in [0.25, 0.3) is 10.4 Å². The molecule has 0 aliphatic carbocycles. The zero-order valence-corrected chi connectivity index (χ0v) is 27.7. The molecule has 0 saturated carbocycles. The molecular weight excluding hydrogens is 671 g/mol. The van der Waals surface area contributed by atoms with Crippen LogP contribution in [-0.4, -0.2) is 84.6 Å². The van der Waals surface area contributed by atoms with Crippen molar-refractivity contribution in [3.63, 3.8) is 0 Å². The molecule has 1 fully saturated rings. The Balaban J connectivity index is 1.91. The first-order chi connectivity index (χ1) is 23.3. The Kier molecular flexibility index (Phi) is 14.5. The Labute approximate surface area is 280 Å². The van der Waals surface area contributed by atoms with Gasteiger partial charge in [0.1, 0.15) is 37.1 Å². The molecule has 49 heavy (non-hydrogen) atoms. The molecule has 1 amide bonds. The molecule has 1 aliphatic rings. The maximum absolute atomic E-state index is 14.2. The summed E-state index contributed by atoms with van der Waals surface area (Å²) in [6.07, 6.45) is -3.28. The highest BCUT2D eigenvalue weighted by molar-refractivity contribution is 7.52. The highest BCUT2D eigenvalue weighted by atomic mass is 31.2. The summed E-state index contributed by atoms with van der Waals surface area (Å²) in [5, 5.41) is 8.07. The van der Waals surface area contributed by atoms with E-state index >= 15 is 0 Å². The Hall–Kier alpha value is -5.06. The fraction of sp³-hybridized carbons (Fsp3) is 0.448. The van der Waals surface area contributed by atoms with Crippen LogP contribution in [0, 0.1) is 0 Å². The van der Waals surface area contributed by atoms with Gasteiger partial charge in [-0.25, -0.2) is 4.57 Å². The zero-order valence-electron chi connectivity index (χ0n) is 26.8. The molecule has 2 N–H and O–H groups in total. The van der Waals surface area contributed by atoms with E-state index in [1.54, 1.807) is 30.3 Å². The molecule has 7 atom stereocenters. The minimum Gasteiger partial charge on any atom is -0.460 e. The molecule has 264 valence electrons. The average Bonchev–Trinajstić information content (AvgIpc) is 3.04. The smallest absolute Gasteiger partial charge is 0.459 e. The maximum Gasteiger partial charge on any atom is 0.459 e. The lowest BCUT2D eigenvalue weighted by Crippen LogP contribution is -2.67. The van der Waals surface area contributed by atoms with Gasteiger partial charge in [-0.2, -0.15) is 5.09 Å². The number of hydrogen-bond acceptors (Lipinski definition) is 15. The lowest BCUT2D eigenvalue weighted by atomic mass is 9.96. The van der Waals surface area contributed by atoms with Crippen molar-refractivity contribution >= 4 is 37.5 Å². The summed E-state index contributed by atoms with van der Waals surface area (Å²) in [5.74, 6) is -4.27. The molecule has 2 unspecified atom stereocenters. The van der Waals surface area contributed by atoms with Crippen molar-refractivity contribution < 1.29 is 61.3 Å². The number of nitrogens with zero attached hydrogens (tertiary/aromatic N) is 4. The van der Waals surface area contributed by atoms with Gasteiger partial charge in [0.05, 0.1) is 6.61 Å². The number of benzene rings is 1. The number of nitrogens with one attached hydrogen (secondary N) is 2. The SMILES string of the molecule is CC(=O)OC1O[C@H](COP(=O)(N[C@@H](C)C(=O)OCc2ccncc2)Oc2ccccc2)[C@@H](OC(C)=O)[C@H](OC(C)=O)[C@@H]1NC(=O)CN=[N+]=[N-]. The van der Waals surface area contributed by atoms with Gasteiger partial charge < -0.3 is 33.5 Å². The molecule has 1 aromatic heterocycles. The third-order valence-electron chi connectivity index (χ3n) is 6.35. The van der Waals surface area contributed by atoms with Crippen LogP contribution in [0.5, 0.6) is 5.75 Å². The van der Waals surface area contributed by atoms with Gasteiger partial charge in [-0.05, 0) is 42.3 Å². The molecule has 0 bridgehead atoms. The second-order valence-electron chi connectivity index (χ2n) is 10.3. The quantitative estimate of drug-likeness (QED) is 0.0634. The third kappa shape index (κ3) is 12.5. The van der Waals surface area contributed by atoms with Gasteiger partial charge in [0.2, 0.25) is 12.2 Å². The number of hydrogen-bond donors (Lipinski definition) is 2. The monoisotopic (exact) mass is 706 g/mol. The number of pyridine rings is 1. The number of ether oxygens (including phenoxy) is 5. The lowest BCUT2D eigenvalue weighted by Gasteiger charge is -2.44. The second-order valence-corrected chi connectivity index (χ2v) is 12.0. The minimum absolute atomic E-state index is 0.0789. The molecule has 0 radical (unpaired) electrons. The zero-order chi connectivity index (χ0) is 36.0. The van der Waals surface area contributed by atoms with Crippen molar-refractivity contribution in [2.45, 2.75) is 71.0 Å². The van der Waals surface area contributed by atoms with Crippen molar-refractivity contribution in [2.75, 3.05) is 13.2 Å². The van der Waals surface area contributed by atoms with E-state index in [2.05, 4.69) is 25.4 Å². The van der Waals surface area contributed by atoms with Crippen LogP contribution in [0.2, 0.25) is 0 Å². The topological polar surface area (TPSA) is 253 Å². The summed E-state index contributed by atoms with van der Waals surface area (Å²) in [5.41, 5.74) is 9.24. The number of aromatic nitrogens is 1. The van der Waals surface area contributed by atoms with Crippen molar-refractivity contribution in [1.29, 1.82) is 0 Å². The van der Waals surface area contributed by atoms with Crippen molar-refractivity contribution in [3.8, 4) is 5.75 Å². The van der Waals surface area contributed by atoms with E-state index in [-0.39, 0.29) is 12.4 Å². The van der Waals surface area contributed by atoms with Gasteiger partial charge in [0.25, 0.3) is 0 Å². The van der Waals surface area contributed by atoms with E-state index in [0.717, 1.165) is 20.8 Å². The van der Waals surface area contributed by atoms with Gasteiger partial charge in [0.15, 0.2) is 12.2 Å². The molecule has 1 aromatic carbocycles. The van der Waals surface area contributed by atoms with Gasteiger partial charge in [-0.15, -0.1) is 0 Å². The maximum atomic E-state index is 14.2. The first-order valence-corrected chi connectivity index (χ1v) is 16.1. The summed E-state index contributed by atoms with van der Waals surface area (Å²) in [6, 6.07) is 8.35. The molecule has 19 nitrogen and oxygen atoms in total. The molecule has 3 rings (SSSR count). The molecular formula is C29H35N6O13P. The van der Waals surface area contributed by atoms with Crippen molar-refractivity contribution in [3.05, 3.63) is 70.9 Å². The molecule has 2 aromatic rings. The Morgan fingerprint density at radius 1 is 0.980 bits per heavy atom. The summed E-state index contributed by atoms with van der Waals surface area (Å²) in [6.45, 7) is 2.93. The Morgan fingerprint density at radius 2 is 1.61 bits per heavy atom. The van der Waals surface area contributed by atoms with Gasteiger partial charge in [-0.3, -0.25) is 33.5 Å². The largest absolute Gasteiger partial charge is 0.460 e. The number of rotatable bonds is 16. The number of azide groups is 1. The number of carbonyl (C=O) groups excluding carboxylic acids is 5. The van der Waals surface area contributed by atoms with Crippen LogP contribution in [0.3, 0.4) is 0 Å². The van der Waals surface area contributed by atoms with E-state index in [0.29, 0.717) is 5.56 Å². The van der Waals surface area contributed by atoms with E-state index < -0.39 is 87.4 Å². The molecule has 2 heterocycles. The fourth-order valence-corrected chi connectivity index (χ4v) is 5.88. The Morgan fingerprint density at radius 3 is 2.22 bits per heavy atom. The first-order valence-electron chi connectivity index (χ1n) is 14.6. The number of carbonyl (C=O) groups is 5. The van der Waals surface area contributed by atoms with Crippen LogP contribution in [0.4, 0.5) is 0 Å². The highest BCUT2D eigenvalue weighted by Crippen LogP contribution is 2.45. The minimum atomic E-state index is -4.53. The summed E-state index contributed by atoms with van der Waals surface area (Å²) in [4.78, 5) is 68.2. The molecule has 1 aliphatic heterocycles. The standard InChI is InChI=1S/C29H35N6O13P/c1-17(28(40)42-15-21-10-12-31-13-11-21)34-49(41,48-22-8-6-5-7-9-22)43-16-23-26(44-18(2)36)27(45-19(3)37)25(29(47-23)46-20(4)38)33-24(39)14-32-35-30/h5-13,17,23,25-27,29H,14-16H2,1-4H3,(H,33,39)(H,34,41)/t17-,23+,25-,26+,27+,29?,49?/m0/s1. The van der Waals surface area contributed by atoms with Gasteiger partial charge in [-0.1, -0.05) is 23.3 Å². The van der Waals surface area contributed by atoms with E-state index in [1.165, 1.54) is 31.5 Å². The third-order valence-corrected chi connectivity index (χ3v) is 7.99. The summed E-state index contributed by atoms with van der Waals surface area (Å²) in [7, 11) is -4.53. The van der Waals surface area contributed by atoms with Crippen LogP contribution in [0.15, 0.2) is 60.0 Å². The van der Waals surface area contributed by atoms with Crippen molar-refractivity contribution in [2.24, 2.45) is 5.11 Å². The summed E-state index contributed by atoms with van der Waals surface area (Å²) < 4.78 is 52.8. The number of amides is 1. The van der Waals surface area contributed by atoms with E-state index in [4.69, 9.17) is 38.3 Å². The highest BCUT2D eigenvalue weighted by Gasteiger charge is 2.52.